The van der Waals surface area contributed by atoms with E-state index in [1.165, 1.54) is 6.33 Å². The molecule has 188 valence electrons. The number of rotatable bonds is 5. The van der Waals surface area contributed by atoms with E-state index in [0.29, 0.717) is 30.3 Å². The summed E-state index contributed by atoms with van der Waals surface area (Å²) in [5.74, 6) is 0. The summed E-state index contributed by atoms with van der Waals surface area (Å²) >= 11 is 6.59. The quantitative estimate of drug-likeness (QED) is 0.403. The van der Waals surface area contributed by atoms with Crippen LogP contribution in [0.1, 0.15) is 24.1 Å². The molecule has 9 nitrogen and oxygen atoms in total. The number of aliphatic hydroxyl groups is 1. The minimum absolute atomic E-state index is 0. The Morgan fingerprint density at radius 2 is 1.89 bits per heavy atom. The van der Waals surface area contributed by atoms with Gasteiger partial charge in [-0.3, -0.25) is 19.1 Å². The minimum Gasteiger partial charge on any atom is -0.389 e. The van der Waals surface area contributed by atoms with Crippen LogP contribution in [0, 0.1) is 0 Å². The summed E-state index contributed by atoms with van der Waals surface area (Å²) in [6.07, 6.45) is 6.82. The number of aryl methyl sites for hydroxylation is 2. The fourth-order valence-electron chi connectivity index (χ4n) is 4.54. The lowest BCUT2D eigenvalue weighted by atomic mass is 9.86. The van der Waals surface area contributed by atoms with Gasteiger partial charge >= 0.3 is 0 Å². The Kier molecular flexibility index (Phi) is 8.28. The maximum atomic E-state index is 12.0. The van der Waals surface area contributed by atoms with Crippen LogP contribution in [0.4, 0.5) is 0 Å². The summed E-state index contributed by atoms with van der Waals surface area (Å²) in [6.45, 7) is 2.23. The molecular weight excluding hydrogens is 513 g/mol. The minimum atomic E-state index is -0.866. The van der Waals surface area contributed by atoms with Crippen molar-refractivity contribution in [1.29, 1.82) is 0 Å². The number of hydrogen-bond acceptors (Lipinski definition) is 6. The standard InChI is InChI=1S/C23H26ClN7O2.2ClH/c1-29-12-17(11-27-29)15-3-4-16(18(24)9-15)13-31-7-5-23(33,6-8-31)10-19-20-21(28-30(19)2)22(32)26-14-25-20;;/h3-4,9,11-12,14,33H,5-8,10,13H2,1-2H3,(H,25,26,32);2*1H. The molecule has 0 saturated carbocycles. The van der Waals surface area contributed by atoms with E-state index in [1.54, 1.807) is 16.4 Å². The van der Waals surface area contributed by atoms with Crippen molar-refractivity contribution in [1.82, 2.24) is 34.4 Å². The lowest BCUT2D eigenvalue weighted by molar-refractivity contribution is -0.0235. The number of H-pyrrole nitrogens is 1. The molecule has 35 heavy (non-hydrogen) atoms. The Morgan fingerprint density at radius 3 is 2.54 bits per heavy atom. The van der Waals surface area contributed by atoms with Crippen LogP contribution in [-0.2, 0) is 27.1 Å². The molecule has 1 aromatic carbocycles. The Labute approximate surface area is 219 Å². The molecule has 1 saturated heterocycles. The lowest BCUT2D eigenvalue weighted by Gasteiger charge is -2.38. The lowest BCUT2D eigenvalue weighted by Crippen LogP contribution is -2.45. The average molecular weight is 541 g/mol. The molecule has 5 rings (SSSR count). The van der Waals surface area contributed by atoms with Gasteiger partial charge in [-0.1, -0.05) is 23.7 Å². The Hall–Kier alpha value is -2.43. The fraction of sp³-hybridized carbons (Fsp3) is 0.391. The molecule has 0 spiro atoms. The summed E-state index contributed by atoms with van der Waals surface area (Å²) in [6, 6.07) is 6.12. The van der Waals surface area contributed by atoms with Gasteiger partial charge in [-0.2, -0.15) is 10.2 Å². The van der Waals surface area contributed by atoms with Gasteiger partial charge in [-0.05, 0) is 30.0 Å². The van der Waals surface area contributed by atoms with Crippen LogP contribution in [0.2, 0.25) is 5.02 Å². The van der Waals surface area contributed by atoms with Gasteiger partial charge in [0.05, 0.1) is 23.8 Å². The van der Waals surface area contributed by atoms with Gasteiger partial charge in [-0.15, -0.1) is 24.8 Å². The number of likely N-dealkylation sites (tertiary alicyclic amines) is 1. The third-order valence-electron chi connectivity index (χ3n) is 6.51. The molecule has 0 bridgehead atoms. The van der Waals surface area contributed by atoms with Gasteiger partial charge in [0.1, 0.15) is 5.52 Å². The number of aromatic amines is 1. The third-order valence-corrected chi connectivity index (χ3v) is 6.86. The molecule has 0 aliphatic carbocycles. The average Bonchev–Trinajstić information content (AvgIpc) is 3.36. The number of piperidine rings is 1. The van der Waals surface area contributed by atoms with E-state index in [2.05, 4.69) is 37.2 Å². The van der Waals surface area contributed by atoms with E-state index < -0.39 is 5.60 Å². The molecule has 4 aromatic rings. The van der Waals surface area contributed by atoms with Crippen LogP contribution >= 0.6 is 36.4 Å². The zero-order chi connectivity index (χ0) is 23.2. The SMILES string of the molecule is Cl.Cl.Cn1cc(-c2ccc(CN3CCC(O)(Cc4c5nc[nH]c(=O)c5nn4C)CC3)c(Cl)c2)cn1. The predicted molar refractivity (Wildman–Crippen MR) is 140 cm³/mol. The van der Waals surface area contributed by atoms with Crippen molar-refractivity contribution >= 4 is 47.4 Å². The van der Waals surface area contributed by atoms with E-state index in [9.17, 15) is 9.90 Å². The Balaban J connectivity index is 0.00000171. The van der Waals surface area contributed by atoms with E-state index in [0.717, 1.165) is 47.0 Å². The Morgan fingerprint density at radius 1 is 1.14 bits per heavy atom. The van der Waals surface area contributed by atoms with Gasteiger partial charge in [0.25, 0.3) is 5.56 Å². The topological polar surface area (TPSA) is 105 Å². The van der Waals surface area contributed by atoms with Crippen molar-refractivity contribution in [3.8, 4) is 11.1 Å². The van der Waals surface area contributed by atoms with Crippen molar-refractivity contribution in [2.75, 3.05) is 13.1 Å². The number of fused-ring (bicyclic) bond motifs is 1. The smallest absolute Gasteiger partial charge is 0.279 e. The van der Waals surface area contributed by atoms with Crippen molar-refractivity contribution < 1.29 is 5.11 Å². The van der Waals surface area contributed by atoms with Gasteiger partial charge in [0.15, 0.2) is 5.52 Å². The van der Waals surface area contributed by atoms with Crippen molar-refractivity contribution in [2.45, 2.75) is 31.4 Å². The van der Waals surface area contributed by atoms with Gasteiger partial charge in [-0.25, -0.2) is 4.98 Å². The number of benzene rings is 1. The third kappa shape index (κ3) is 5.54. The monoisotopic (exact) mass is 539 g/mol. The predicted octanol–water partition coefficient (Wildman–Crippen LogP) is 3.12. The zero-order valence-electron chi connectivity index (χ0n) is 19.4. The van der Waals surface area contributed by atoms with Crippen LogP contribution < -0.4 is 5.56 Å². The van der Waals surface area contributed by atoms with Crippen molar-refractivity contribution in [3.63, 3.8) is 0 Å². The molecule has 1 aliphatic rings. The number of nitrogens with one attached hydrogen (secondary N) is 1. The molecule has 1 fully saturated rings. The normalized spacial score (nSPS) is 15.5. The van der Waals surface area contributed by atoms with Gasteiger partial charge < -0.3 is 10.1 Å². The van der Waals surface area contributed by atoms with Crippen LogP contribution in [0.5, 0.6) is 0 Å². The highest BCUT2D eigenvalue weighted by Gasteiger charge is 2.34. The first-order valence-electron chi connectivity index (χ1n) is 10.9. The molecule has 12 heteroatoms. The maximum absolute atomic E-state index is 12.0. The molecule has 0 atom stereocenters. The van der Waals surface area contributed by atoms with Crippen LogP contribution in [0.3, 0.4) is 0 Å². The van der Waals surface area contributed by atoms with Crippen LogP contribution in [0.25, 0.3) is 22.2 Å². The van der Waals surface area contributed by atoms with Crippen LogP contribution in [-0.4, -0.2) is 58.2 Å². The molecule has 4 heterocycles. The van der Waals surface area contributed by atoms with E-state index in [-0.39, 0.29) is 30.4 Å². The highest BCUT2D eigenvalue weighted by Crippen LogP contribution is 2.31. The van der Waals surface area contributed by atoms with E-state index in [1.807, 2.05) is 25.5 Å². The van der Waals surface area contributed by atoms with Crippen LogP contribution in [0.15, 0.2) is 41.7 Å². The number of nitrogens with zero attached hydrogens (tertiary/aromatic N) is 6. The summed E-state index contributed by atoms with van der Waals surface area (Å²) in [5, 5.41) is 20.5. The number of hydrogen-bond donors (Lipinski definition) is 2. The first-order chi connectivity index (χ1) is 15.8. The highest BCUT2D eigenvalue weighted by molar-refractivity contribution is 6.31. The van der Waals surface area contributed by atoms with E-state index in [4.69, 9.17) is 11.6 Å². The second-order valence-corrected chi connectivity index (χ2v) is 9.29. The van der Waals surface area contributed by atoms with E-state index >= 15 is 0 Å². The first-order valence-corrected chi connectivity index (χ1v) is 11.3. The summed E-state index contributed by atoms with van der Waals surface area (Å²) in [7, 11) is 3.68. The molecule has 0 radical (unpaired) electrons. The largest absolute Gasteiger partial charge is 0.389 e. The molecule has 0 unspecified atom stereocenters. The molecule has 0 amide bonds. The maximum Gasteiger partial charge on any atom is 0.279 e. The molecule has 1 aliphatic heterocycles. The molecule has 2 N–H and O–H groups in total. The fourth-order valence-corrected chi connectivity index (χ4v) is 4.78. The summed E-state index contributed by atoms with van der Waals surface area (Å²) in [4.78, 5) is 21.2. The first kappa shape index (κ1) is 27.2. The Bertz CT molecular complexity index is 1370. The second kappa shape index (κ2) is 10.7. The van der Waals surface area contributed by atoms with Gasteiger partial charge in [0, 0.05) is 56.9 Å². The van der Waals surface area contributed by atoms with Crippen molar-refractivity contribution in [3.05, 3.63) is 63.6 Å². The second-order valence-electron chi connectivity index (χ2n) is 8.89. The highest BCUT2D eigenvalue weighted by atomic mass is 35.5. The molecule has 3 aromatic heterocycles. The molecular formula is C23H28Cl3N7O2. The zero-order valence-corrected chi connectivity index (χ0v) is 21.8. The summed E-state index contributed by atoms with van der Waals surface area (Å²) in [5.41, 5.74) is 3.65. The van der Waals surface area contributed by atoms with Crippen molar-refractivity contribution in [2.24, 2.45) is 14.1 Å². The van der Waals surface area contributed by atoms with Gasteiger partial charge in [0.2, 0.25) is 0 Å². The number of halogens is 3. The number of aromatic nitrogens is 6. The summed E-state index contributed by atoms with van der Waals surface area (Å²) < 4.78 is 3.43.